The van der Waals surface area contributed by atoms with E-state index >= 15 is 0 Å². The Kier molecular flexibility index (Phi) is 7.90. The van der Waals surface area contributed by atoms with Crippen molar-refractivity contribution in [3.05, 3.63) is 64.9 Å². The van der Waals surface area contributed by atoms with Gasteiger partial charge in [-0.3, -0.25) is 9.59 Å². The van der Waals surface area contributed by atoms with Gasteiger partial charge in [-0.1, -0.05) is 62.3 Å². The van der Waals surface area contributed by atoms with Crippen molar-refractivity contribution in [3.8, 4) is 0 Å². The molecule has 2 aromatic carbocycles. The lowest BCUT2D eigenvalue weighted by molar-refractivity contribution is -0.138. The van der Waals surface area contributed by atoms with E-state index in [1.807, 2.05) is 28.8 Å². The molecule has 3 aromatic rings. The number of aromatic nitrogens is 2. The Balaban J connectivity index is 1.38. The Bertz CT molecular complexity index is 1180. The van der Waals surface area contributed by atoms with E-state index in [-0.39, 0.29) is 24.9 Å². The highest BCUT2D eigenvalue weighted by Gasteiger charge is 2.33. The second-order valence-corrected chi connectivity index (χ2v) is 10.6. The summed E-state index contributed by atoms with van der Waals surface area (Å²) in [4.78, 5) is 33.7. The van der Waals surface area contributed by atoms with Crippen molar-refractivity contribution in [2.75, 3.05) is 0 Å². The van der Waals surface area contributed by atoms with Crippen molar-refractivity contribution in [1.82, 2.24) is 19.8 Å². The van der Waals surface area contributed by atoms with Crippen molar-refractivity contribution in [1.29, 1.82) is 0 Å². The zero-order chi connectivity index (χ0) is 24.9. The molecule has 2 aliphatic rings. The van der Waals surface area contributed by atoms with Crippen LogP contribution >= 0.6 is 11.6 Å². The number of nitrogens with zero attached hydrogens (tertiary/aromatic N) is 3. The fraction of sp³-hybridized carbons (Fsp3) is 0.483. The fourth-order valence-corrected chi connectivity index (χ4v) is 6.07. The second-order valence-electron chi connectivity index (χ2n) is 10.2. The maximum atomic E-state index is 14.0. The highest BCUT2D eigenvalue weighted by atomic mass is 35.5. The SMILES string of the molecule is O=C(NCc1nc2ccccc2n1CC(=O)N(C1CCCCC1)C1CCCCC1)c1ccc(Cl)cc1. The van der Waals surface area contributed by atoms with Gasteiger partial charge in [-0.05, 0) is 62.1 Å². The molecule has 2 fully saturated rings. The number of benzene rings is 2. The summed E-state index contributed by atoms with van der Waals surface area (Å²) in [5.41, 5.74) is 2.30. The number of nitrogens with one attached hydrogen (secondary N) is 1. The molecule has 0 atom stereocenters. The van der Waals surface area contributed by atoms with Crippen molar-refractivity contribution >= 4 is 34.4 Å². The van der Waals surface area contributed by atoms with Crippen LogP contribution in [0, 0.1) is 0 Å². The molecule has 6 nitrogen and oxygen atoms in total. The summed E-state index contributed by atoms with van der Waals surface area (Å²) in [5, 5.41) is 3.57. The first-order valence-electron chi connectivity index (χ1n) is 13.4. The maximum absolute atomic E-state index is 14.0. The quantitative estimate of drug-likeness (QED) is 0.420. The molecular formula is C29H35ClN4O2. The molecule has 0 spiro atoms. The highest BCUT2D eigenvalue weighted by Crippen LogP contribution is 2.31. The van der Waals surface area contributed by atoms with Crippen LogP contribution in [0.4, 0.5) is 0 Å². The topological polar surface area (TPSA) is 67.2 Å². The summed E-state index contributed by atoms with van der Waals surface area (Å²) in [6, 6.07) is 15.4. The van der Waals surface area contributed by atoms with E-state index in [1.165, 1.54) is 38.5 Å². The van der Waals surface area contributed by atoms with Crippen molar-refractivity contribution in [2.45, 2.75) is 89.4 Å². The van der Waals surface area contributed by atoms with Gasteiger partial charge in [0.2, 0.25) is 5.91 Å². The average Bonchev–Trinajstić information content (AvgIpc) is 3.26. The normalized spacial score (nSPS) is 17.2. The van der Waals surface area contributed by atoms with E-state index in [1.54, 1.807) is 24.3 Å². The molecule has 7 heteroatoms. The number of para-hydroxylation sites is 2. The Hall–Kier alpha value is -2.86. The third-order valence-corrected chi connectivity index (χ3v) is 8.02. The summed E-state index contributed by atoms with van der Waals surface area (Å²) in [6.07, 6.45) is 11.8. The number of imidazole rings is 1. The Labute approximate surface area is 218 Å². The van der Waals surface area contributed by atoms with Crippen LogP contribution in [0.3, 0.4) is 0 Å². The van der Waals surface area contributed by atoms with E-state index in [0.29, 0.717) is 28.5 Å². The molecule has 0 aliphatic heterocycles. The summed E-state index contributed by atoms with van der Waals surface area (Å²) >= 11 is 5.96. The average molecular weight is 507 g/mol. The second kappa shape index (κ2) is 11.5. The van der Waals surface area contributed by atoms with Crippen LogP contribution in [0.2, 0.25) is 5.02 Å². The fourth-order valence-electron chi connectivity index (χ4n) is 5.94. The largest absolute Gasteiger partial charge is 0.345 e. The lowest BCUT2D eigenvalue weighted by atomic mass is 9.88. The highest BCUT2D eigenvalue weighted by molar-refractivity contribution is 6.30. The summed E-state index contributed by atoms with van der Waals surface area (Å²) in [6.45, 7) is 0.496. The molecule has 0 radical (unpaired) electrons. The number of halogens is 1. The molecule has 0 saturated heterocycles. The van der Waals surface area contributed by atoms with Crippen LogP contribution in [0.15, 0.2) is 48.5 Å². The van der Waals surface area contributed by atoms with Gasteiger partial charge in [-0.15, -0.1) is 0 Å². The first-order valence-corrected chi connectivity index (χ1v) is 13.8. The minimum atomic E-state index is -0.192. The van der Waals surface area contributed by atoms with Crippen LogP contribution < -0.4 is 5.32 Å². The van der Waals surface area contributed by atoms with Gasteiger partial charge in [0, 0.05) is 22.7 Å². The van der Waals surface area contributed by atoms with E-state index < -0.39 is 0 Å². The molecule has 1 aromatic heterocycles. The van der Waals surface area contributed by atoms with Gasteiger partial charge in [0.15, 0.2) is 0 Å². The number of fused-ring (bicyclic) bond motifs is 1. The zero-order valence-corrected chi connectivity index (χ0v) is 21.6. The van der Waals surface area contributed by atoms with Crippen LogP contribution in [0.1, 0.15) is 80.4 Å². The van der Waals surface area contributed by atoms with E-state index in [4.69, 9.17) is 16.6 Å². The molecule has 2 saturated carbocycles. The van der Waals surface area contributed by atoms with E-state index in [2.05, 4.69) is 10.2 Å². The molecule has 0 bridgehead atoms. The molecule has 1 N–H and O–H groups in total. The van der Waals surface area contributed by atoms with E-state index in [0.717, 1.165) is 36.7 Å². The third-order valence-electron chi connectivity index (χ3n) is 7.76. The maximum Gasteiger partial charge on any atom is 0.251 e. The lowest BCUT2D eigenvalue weighted by Gasteiger charge is -2.42. The van der Waals surface area contributed by atoms with Gasteiger partial charge < -0.3 is 14.8 Å². The predicted molar refractivity (Wildman–Crippen MR) is 143 cm³/mol. The monoisotopic (exact) mass is 506 g/mol. The zero-order valence-electron chi connectivity index (χ0n) is 20.8. The molecule has 2 aliphatic carbocycles. The minimum Gasteiger partial charge on any atom is -0.345 e. The van der Waals surface area contributed by atoms with Crippen molar-refractivity contribution in [3.63, 3.8) is 0 Å². The number of rotatable bonds is 7. The van der Waals surface area contributed by atoms with Gasteiger partial charge >= 0.3 is 0 Å². The number of amides is 2. The molecule has 2 amide bonds. The molecule has 1 heterocycles. The number of hydrogen-bond acceptors (Lipinski definition) is 3. The molecular weight excluding hydrogens is 472 g/mol. The van der Waals surface area contributed by atoms with Crippen LogP contribution in [-0.2, 0) is 17.9 Å². The standard InChI is InChI=1S/C29H35ClN4O2/c30-22-17-15-21(16-18-22)29(36)31-19-27-32-25-13-7-8-14-26(25)33(27)20-28(35)34(23-9-3-1-4-10-23)24-11-5-2-6-12-24/h7-8,13-18,23-24H,1-6,9-12,19-20H2,(H,31,36). The third kappa shape index (κ3) is 5.59. The molecule has 0 unspecified atom stereocenters. The number of hydrogen-bond donors (Lipinski definition) is 1. The summed E-state index contributed by atoms with van der Waals surface area (Å²) in [7, 11) is 0. The number of carbonyl (C=O) groups is 2. The molecule has 190 valence electrons. The van der Waals surface area contributed by atoms with E-state index in [9.17, 15) is 9.59 Å². The summed E-state index contributed by atoms with van der Waals surface area (Å²) in [5.74, 6) is 0.684. The van der Waals surface area contributed by atoms with Gasteiger partial charge in [0.05, 0.1) is 17.6 Å². The smallest absolute Gasteiger partial charge is 0.251 e. The Morgan fingerprint density at radius 2 is 1.50 bits per heavy atom. The van der Waals surface area contributed by atoms with Crippen LogP contribution in [0.25, 0.3) is 11.0 Å². The Morgan fingerprint density at radius 1 is 0.889 bits per heavy atom. The minimum absolute atomic E-state index is 0.183. The Morgan fingerprint density at radius 3 is 2.14 bits per heavy atom. The van der Waals surface area contributed by atoms with Crippen LogP contribution in [0.5, 0.6) is 0 Å². The molecule has 5 rings (SSSR count). The van der Waals surface area contributed by atoms with Crippen molar-refractivity contribution < 1.29 is 9.59 Å². The van der Waals surface area contributed by atoms with Crippen LogP contribution in [-0.4, -0.2) is 38.3 Å². The summed E-state index contributed by atoms with van der Waals surface area (Å²) < 4.78 is 2.00. The van der Waals surface area contributed by atoms with Gasteiger partial charge in [-0.2, -0.15) is 0 Å². The first-order chi connectivity index (χ1) is 17.6. The molecule has 36 heavy (non-hydrogen) atoms. The lowest BCUT2D eigenvalue weighted by Crippen LogP contribution is -2.50. The predicted octanol–water partition coefficient (Wildman–Crippen LogP) is 6.11. The number of carbonyl (C=O) groups excluding carboxylic acids is 2. The van der Waals surface area contributed by atoms with Gasteiger partial charge in [0.1, 0.15) is 12.4 Å². The van der Waals surface area contributed by atoms with Gasteiger partial charge in [-0.25, -0.2) is 4.98 Å². The van der Waals surface area contributed by atoms with Crippen molar-refractivity contribution in [2.24, 2.45) is 0 Å². The first kappa shape index (κ1) is 24.8. The van der Waals surface area contributed by atoms with Gasteiger partial charge in [0.25, 0.3) is 5.91 Å².